The molecular weight excluding hydrogens is 737 g/mol. The first kappa shape index (κ1) is 14.9. The van der Waals surface area contributed by atoms with Crippen molar-refractivity contribution in [1.82, 2.24) is 0 Å². The van der Waals surface area contributed by atoms with Crippen LogP contribution in [-0.2, 0) is 0 Å². The molecule has 14 aromatic rings. The highest BCUT2D eigenvalue weighted by Gasteiger charge is 2.19. The van der Waals surface area contributed by atoms with E-state index in [-0.39, 0.29) is 32.3 Å². The molecule has 14 rings (SSSR count). The maximum absolute atomic E-state index is 10.4. The standard InChI is InChI=1S/C60H34O/c1-2-12-48-47(11-1)45(28-29-49(48)50-25-20-40-18-16-36-8-6-10-38-22-27-53(50)60(40)58(36)38)43-31-42(41-23-30-56-54(34-41)51-13-3-4-14-55(51)61-56)32-44(33-43)46-24-19-39-17-15-35-7-5-9-37-21-26-52(46)59(39)57(35)37/h1-34H/i1D,2D,3D,4D,5D,6D,8D,9D,10D,11D,12D,13D,14D,15D,16D,17D,18D,19D,20D,21D,22D,23D,24D,25D,26D,27D,28D,29D,30D,31D,33D,34D. The molecule has 1 heterocycles. The Morgan fingerprint density at radius 1 is 0.279 bits per heavy atom. The van der Waals surface area contributed by atoms with Gasteiger partial charge in [0.05, 0.1) is 43.9 Å². The van der Waals surface area contributed by atoms with Gasteiger partial charge in [-0.3, -0.25) is 0 Å². The minimum Gasteiger partial charge on any atom is -0.456 e. The van der Waals surface area contributed by atoms with Gasteiger partial charge in [-0.1, -0.05) is 169 Å². The van der Waals surface area contributed by atoms with Gasteiger partial charge in [0, 0.05) is 10.8 Å². The van der Waals surface area contributed by atoms with Gasteiger partial charge in [0.15, 0.2) is 0 Å². The zero-order chi connectivity index (χ0) is 67.6. The smallest absolute Gasteiger partial charge is 0.135 e. The number of rotatable bonds is 4. The third-order valence-electron chi connectivity index (χ3n) is 10.9. The van der Waals surface area contributed by atoms with Crippen molar-refractivity contribution in [3.63, 3.8) is 0 Å². The lowest BCUT2D eigenvalue weighted by Gasteiger charge is -2.18. The van der Waals surface area contributed by atoms with Crippen LogP contribution < -0.4 is 0 Å². The molecule has 0 bridgehead atoms. The minimum absolute atomic E-state index is 0.181. The molecule has 0 N–H and O–H groups in total. The van der Waals surface area contributed by atoms with Crippen molar-refractivity contribution in [2.24, 2.45) is 0 Å². The van der Waals surface area contributed by atoms with Crippen molar-refractivity contribution in [3.05, 3.63) is 205 Å². The van der Waals surface area contributed by atoms with Gasteiger partial charge in [-0.05, 0) is 156 Å². The second kappa shape index (κ2) is 12.3. The Morgan fingerprint density at radius 3 is 1.57 bits per heavy atom. The van der Waals surface area contributed by atoms with Gasteiger partial charge in [-0.15, -0.1) is 0 Å². The lowest BCUT2D eigenvalue weighted by atomic mass is 9.85. The first-order valence-corrected chi connectivity index (χ1v) is 18.6. The van der Waals surface area contributed by atoms with Crippen LogP contribution in [0.4, 0.5) is 0 Å². The van der Waals surface area contributed by atoms with Crippen molar-refractivity contribution in [2.75, 3.05) is 0 Å². The van der Waals surface area contributed by atoms with Crippen molar-refractivity contribution in [3.8, 4) is 44.5 Å². The molecule has 13 aromatic carbocycles. The van der Waals surface area contributed by atoms with Crippen LogP contribution in [0, 0.1) is 0 Å². The summed E-state index contributed by atoms with van der Waals surface area (Å²) < 4.78 is 305. The molecular formula is C60H34O. The Morgan fingerprint density at radius 2 is 0.787 bits per heavy atom. The van der Waals surface area contributed by atoms with E-state index in [0.29, 0.717) is 0 Å². The molecule has 1 aromatic heterocycles. The lowest BCUT2D eigenvalue weighted by molar-refractivity contribution is 0.669. The van der Waals surface area contributed by atoms with Gasteiger partial charge in [0.2, 0.25) is 0 Å². The summed E-state index contributed by atoms with van der Waals surface area (Å²) in [7, 11) is 0. The highest BCUT2D eigenvalue weighted by atomic mass is 16.3. The van der Waals surface area contributed by atoms with E-state index in [1.165, 1.54) is 0 Å². The van der Waals surface area contributed by atoms with E-state index in [9.17, 15) is 24.7 Å². The van der Waals surface area contributed by atoms with Crippen molar-refractivity contribution in [2.45, 2.75) is 0 Å². The number of furan rings is 1. The molecule has 0 fully saturated rings. The summed E-state index contributed by atoms with van der Waals surface area (Å²) in [6, 6.07) is -25.7. The Hall–Kier alpha value is -8.00. The summed E-state index contributed by atoms with van der Waals surface area (Å²) in [5.41, 5.74) is -7.40. The third kappa shape index (κ3) is 4.72. The monoisotopic (exact) mass is 802 g/mol. The predicted octanol–water partition coefficient (Wildman–Crippen LogP) is 17.2. The van der Waals surface area contributed by atoms with Crippen LogP contribution >= 0.6 is 0 Å². The Labute approximate surface area is 396 Å². The number of benzene rings is 13. The van der Waals surface area contributed by atoms with Crippen LogP contribution in [0.1, 0.15) is 43.9 Å². The molecule has 0 radical (unpaired) electrons. The molecule has 0 saturated heterocycles. The van der Waals surface area contributed by atoms with Gasteiger partial charge in [0.1, 0.15) is 11.2 Å². The molecule has 0 aliphatic heterocycles. The van der Waals surface area contributed by atoms with Gasteiger partial charge in [-0.25, -0.2) is 0 Å². The highest BCUT2D eigenvalue weighted by molar-refractivity contribution is 6.27. The fourth-order valence-corrected chi connectivity index (χ4v) is 8.24. The number of para-hydroxylation sites is 1. The average Bonchev–Trinajstić information content (AvgIpc) is 1.23. The Balaban J connectivity index is 1.23. The maximum Gasteiger partial charge on any atom is 0.135 e. The summed E-state index contributed by atoms with van der Waals surface area (Å²) in [6.07, 6.45) is 0. The lowest BCUT2D eigenvalue weighted by Crippen LogP contribution is -1.91. The Kier molecular flexibility index (Phi) is 3.00. The van der Waals surface area contributed by atoms with E-state index < -0.39 is 303 Å². The summed E-state index contributed by atoms with van der Waals surface area (Å²) >= 11 is 0. The number of fused-ring (bicyclic) bond motifs is 4. The SMILES string of the molecule is [2H]c1cc2c([2H])c([2H])c3c([2H])c([2H])c(-c4cc(-c5c([2H])c([2H])c6oc7c([2H])c([2H])c([2H])c([2H])c7c6c5[2H])c([2H])c(-c5c([2H])c([2H])c(-c6c([2H])c([2H])c7c([2H])c([2H])c8c([2H])c([2H])c([2H])c9c([2H])c([2H])c6c7c89)c6c([2H])c([2H])c([2H])c([2H])c56)c4[2H])c4c([2H])c([2H])c(c1[2H])c2c34. The van der Waals surface area contributed by atoms with Gasteiger partial charge in [-0.2, -0.15) is 0 Å². The predicted molar refractivity (Wildman–Crippen MR) is 260 cm³/mol. The highest BCUT2D eigenvalue weighted by Crippen LogP contribution is 2.46. The van der Waals surface area contributed by atoms with Crippen LogP contribution in [-0.4, -0.2) is 0 Å². The van der Waals surface area contributed by atoms with E-state index in [0.717, 1.165) is 12.1 Å². The topological polar surface area (TPSA) is 13.1 Å². The summed E-state index contributed by atoms with van der Waals surface area (Å²) in [6.45, 7) is 0. The quantitative estimate of drug-likeness (QED) is 0.162. The second-order valence-electron chi connectivity index (χ2n) is 14.2. The van der Waals surface area contributed by atoms with E-state index >= 15 is 0 Å². The maximum atomic E-state index is 10.4. The molecule has 0 unspecified atom stereocenters. The first-order valence-electron chi connectivity index (χ1n) is 34.6. The second-order valence-corrected chi connectivity index (χ2v) is 14.2. The van der Waals surface area contributed by atoms with E-state index in [1.807, 2.05) is 0 Å². The molecule has 61 heavy (non-hydrogen) atoms. The minimum atomic E-state index is -1.17. The van der Waals surface area contributed by atoms with E-state index in [1.54, 1.807) is 0 Å². The third-order valence-corrected chi connectivity index (χ3v) is 10.9. The zero-order valence-corrected chi connectivity index (χ0v) is 30.6. The van der Waals surface area contributed by atoms with Gasteiger partial charge < -0.3 is 4.42 Å². The van der Waals surface area contributed by atoms with Crippen LogP contribution in [0.3, 0.4) is 0 Å². The van der Waals surface area contributed by atoms with E-state index in [2.05, 4.69) is 0 Å². The van der Waals surface area contributed by atoms with Gasteiger partial charge >= 0.3 is 0 Å². The van der Waals surface area contributed by atoms with Crippen LogP contribution in [0.25, 0.3) is 142 Å². The van der Waals surface area contributed by atoms with Crippen molar-refractivity contribution in [1.29, 1.82) is 0 Å². The summed E-state index contributed by atoms with van der Waals surface area (Å²) in [5.74, 6) is 0. The van der Waals surface area contributed by atoms with Crippen LogP contribution in [0.15, 0.2) is 210 Å². The molecule has 0 amide bonds. The Bertz CT molecular complexity index is 5980. The molecule has 280 valence electrons. The largest absolute Gasteiger partial charge is 0.456 e. The first-order chi connectivity index (χ1) is 43.6. The molecule has 1 nitrogen and oxygen atoms in total. The fraction of sp³-hybridized carbons (Fsp3) is 0. The average molecular weight is 803 g/mol. The number of hydrogen-bond acceptors (Lipinski definition) is 1. The molecule has 0 saturated carbocycles. The van der Waals surface area contributed by atoms with Crippen LogP contribution in [0.5, 0.6) is 0 Å². The van der Waals surface area contributed by atoms with Crippen LogP contribution in [0.2, 0.25) is 0 Å². The molecule has 1 heteroatoms. The van der Waals surface area contributed by atoms with Gasteiger partial charge in [0.25, 0.3) is 0 Å². The fourth-order valence-electron chi connectivity index (χ4n) is 8.24. The molecule has 0 atom stereocenters. The summed E-state index contributed by atoms with van der Waals surface area (Å²) in [5, 5.41) is -7.36. The molecule has 0 aliphatic rings. The molecule has 0 spiro atoms. The van der Waals surface area contributed by atoms with E-state index in [4.69, 9.17) is 23.6 Å². The normalized spacial score (nSPS) is 19.6. The van der Waals surface area contributed by atoms with Crippen molar-refractivity contribution < 1.29 is 48.3 Å². The summed E-state index contributed by atoms with van der Waals surface area (Å²) in [4.78, 5) is 0. The van der Waals surface area contributed by atoms with Crippen molar-refractivity contribution >= 4 is 97.3 Å². The number of hydrogen-bond donors (Lipinski definition) is 0. The zero-order valence-electron chi connectivity index (χ0n) is 62.6. The molecule has 0 aliphatic carbocycles.